The smallest absolute Gasteiger partial charge is 0.254 e. The van der Waals surface area contributed by atoms with Crippen molar-refractivity contribution in [1.29, 1.82) is 0 Å². The van der Waals surface area contributed by atoms with Crippen LogP contribution < -0.4 is 5.32 Å². The number of nitrogens with zero attached hydrogens (tertiary/aromatic N) is 1. The third kappa shape index (κ3) is 4.18. The van der Waals surface area contributed by atoms with Gasteiger partial charge in [-0.25, -0.2) is 8.78 Å². The summed E-state index contributed by atoms with van der Waals surface area (Å²) in [6, 6.07) is 6.69. The van der Waals surface area contributed by atoms with Crippen LogP contribution in [0.15, 0.2) is 35.7 Å². The van der Waals surface area contributed by atoms with Crippen LogP contribution in [0.25, 0.3) is 0 Å². The summed E-state index contributed by atoms with van der Waals surface area (Å²) in [5, 5.41) is 4.94. The van der Waals surface area contributed by atoms with Crippen LogP contribution in [0.3, 0.4) is 0 Å². The zero-order valence-electron chi connectivity index (χ0n) is 15.8. The van der Waals surface area contributed by atoms with Gasteiger partial charge in [0.1, 0.15) is 11.6 Å². The number of nitrogens with one attached hydrogen (secondary N) is 1. The van der Waals surface area contributed by atoms with Crippen molar-refractivity contribution in [3.05, 3.63) is 57.8 Å². The summed E-state index contributed by atoms with van der Waals surface area (Å²) in [6.45, 7) is 2.12. The summed E-state index contributed by atoms with van der Waals surface area (Å²) in [7, 11) is 0. The Morgan fingerprint density at radius 3 is 2.59 bits per heavy atom. The molecule has 3 heterocycles. The molecule has 8 heteroatoms. The molecule has 4 rings (SSSR count). The van der Waals surface area contributed by atoms with Crippen molar-refractivity contribution >= 4 is 23.2 Å². The van der Waals surface area contributed by atoms with Gasteiger partial charge in [-0.3, -0.25) is 9.59 Å². The van der Waals surface area contributed by atoms with E-state index in [1.165, 1.54) is 0 Å². The van der Waals surface area contributed by atoms with Crippen molar-refractivity contribution in [2.75, 3.05) is 26.3 Å². The van der Waals surface area contributed by atoms with E-state index in [-0.39, 0.29) is 29.3 Å². The molecule has 0 bridgehead atoms. The van der Waals surface area contributed by atoms with Crippen LogP contribution in [0.4, 0.5) is 8.78 Å². The summed E-state index contributed by atoms with van der Waals surface area (Å²) < 4.78 is 32.6. The molecule has 0 radical (unpaired) electrons. The molecule has 1 aromatic carbocycles. The number of likely N-dealkylation sites (tertiary alicyclic amines) is 1. The molecule has 0 saturated carbocycles. The summed E-state index contributed by atoms with van der Waals surface area (Å²) in [5.74, 6) is -2.52. The first kappa shape index (κ1) is 20.0. The fourth-order valence-electron chi connectivity index (χ4n) is 4.34. The summed E-state index contributed by atoms with van der Waals surface area (Å²) in [5.41, 5.74) is -0.413. The van der Waals surface area contributed by atoms with Gasteiger partial charge in [0, 0.05) is 48.2 Å². The van der Waals surface area contributed by atoms with Crippen LogP contribution >= 0.6 is 11.3 Å². The molecule has 2 aliphatic heterocycles. The number of halogens is 2. The van der Waals surface area contributed by atoms with Crippen molar-refractivity contribution in [1.82, 2.24) is 10.2 Å². The van der Waals surface area contributed by atoms with Crippen LogP contribution in [-0.2, 0) is 16.1 Å². The van der Waals surface area contributed by atoms with Gasteiger partial charge in [0.05, 0.1) is 12.5 Å². The molecule has 2 fully saturated rings. The topological polar surface area (TPSA) is 58.6 Å². The van der Waals surface area contributed by atoms with Gasteiger partial charge >= 0.3 is 0 Å². The number of benzene rings is 1. The Kier molecular flexibility index (Phi) is 5.65. The van der Waals surface area contributed by atoms with Crippen LogP contribution in [-0.4, -0.2) is 43.0 Å². The van der Waals surface area contributed by atoms with Crippen LogP contribution in [0.5, 0.6) is 0 Å². The highest BCUT2D eigenvalue weighted by molar-refractivity contribution is 7.09. The van der Waals surface area contributed by atoms with Crippen molar-refractivity contribution in [3.63, 3.8) is 0 Å². The maximum atomic E-state index is 13.6. The van der Waals surface area contributed by atoms with Crippen LogP contribution in [0, 0.1) is 23.0 Å². The van der Waals surface area contributed by atoms with Gasteiger partial charge in [0.2, 0.25) is 5.91 Å². The normalized spacial score (nSPS) is 20.8. The summed E-state index contributed by atoms with van der Waals surface area (Å²) in [4.78, 5) is 28.5. The lowest BCUT2D eigenvalue weighted by atomic mass is 9.72. The highest BCUT2D eigenvalue weighted by Crippen LogP contribution is 2.44. The monoisotopic (exact) mass is 420 g/mol. The van der Waals surface area contributed by atoms with Gasteiger partial charge in [-0.1, -0.05) is 6.07 Å². The molecule has 29 heavy (non-hydrogen) atoms. The molecule has 5 nitrogen and oxygen atoms in total. The highest BCUT2D eigenvalue weighted by atomic mass is 32.1. The molecule has 1 N–H and O–H groups in total. The molecule has 0 unspecified atom stereocenters. The Morgan fingerprint density at radius 1 is 1.21 bits per heavy atom. The number of carbonyl (C=O) groups excluding carboxylic acids is 2. The lowest BCUT2D eigenvalue weighted by Gasteiger charge is -2.37. The van der Waals surface area contributed by atoms with Crippen LogP contribution in [0.2, 0.25) is 0 Å². The third-order valence-electron chi connectivity index (χ3n) is 5.87. The van der Waals surface area contributed by atoms with Gasteiger partial charge in [0.15, 0.2) is 0 Å². The largest absolute Gasteiger partial charge is 0.381 e. The van der Waals surface area contributed by atoms with Gasteiger partial charge in [0.25, 0.3) is 5.91 Å². The van der Waals surface area contributed by atoms with E-state index in [0.717, 1.165) is 23.1 Å². The second-order valence-electron chi connectivity index (χ2n) is 7.67. The lowest BCUT2D eigenvalue weighted by molar-refractivity contribution is -0.130. The predicted octanol–water partition coefficient (Wildman–Crippen LogP) is 3.21. The molecule has 2 aromatic rings. The summed E-state index contributed by atoms with van der Waals surface area (Å²) >= 11 is 1.57. The second kappa shape index (κ2) is 8.20. The molecule has 2 saturated heterocycles. The zero-order valence-corrected chi connectivity index (χ0v) is 16.6. The van der Waals surface area contributed by atoms with E-state index in [4.69, 9.17) is 4.74 Å². The lowest BCUT2D eigenvalue weighted by Crippen LogP contribution is -2.44. The van der Waals surface area contributed by atoms with Crippen molar-refractivity contribution in [3.8, 4) is 0 Å². The standard InChI is InChI=1S/C21H22F2N2O3S/c22-15-8-14(9-16(23)10-15)20(27)25-12-18(21(13-25)3-5-28-6-4-21)19(26)24-11-17-2-1-7-29-17/h1-2,7-10,18H,3-6,11-13H2,(H,24,26)/t18-/m0/s1. The van der Waals surface area contributed by atoms with Crippen LogP contribution in [0.1, 0.15) is 28.1 Å². The Bertz CT molecular complexity index is 877. The maximum absolute atomic E-state index is 13.6. The Morgan fingerprint density at radius 2 is 1.93 bits per heavy atom. The molecule has 1 atom stereocenters. The number of carbonyl (C=O) groups is 2. The molecule has 1 spiro atoms. The Balaban J connectivity index is 1.53. The minimum absolute atomic E-state index is 0.0376. The number of hydrogen-bond donors (Lipinski definition) is 1. The first-order chi connectivity index (χ1) is 14.0. The van der Waals surface area contributed by atoms with E-state index in [0.29, 0.717) is 39.1 Å². The highest BCUT2D eigenvalue weighted by Gasteiger charge is 2.51. The zero-order chi connectivity index (χ0) is 20.4. The number of rotatable bonds is 4. The second-order valence-corrected chi connectivity index (χ2v) is 8.70. The molecule has 2 aliphatic rings. The van der Waals surface area contributed by atoms with E-state index < -0.39 is 17.5 Å². The molecule has 0 aliphatic carbocycles. The molecular weight excluding hydrogens is 398 g/mol. The fraction of sp³-hybridized carbons (Fsp3) is 0.429. The number of amides is 2. The SMILES string of the molecule is O=C(NCc1cccs1)[C@@H]1CN(C(=O)c2cc(F)cc(F)c2)CC12CCOCC2. The average Bonchev–Trinajstić information content (AvgIpc) is 3.34. The van der Waals surface area contributed by atoms with Crippen molar-refractivity contribution in [2.45, 2.75) is 19.4 Å². The molecular formula is C21H22F2N2O3S. The van der Waals surface area contributed by atoms with E-state index in [1.54, 1.807) is 16.2 Å². The first-order valence-electron chi connectivity index (χ1n) is 9.60. The van der Waals surface area contributed by atoms with Gasteiger partial charge < -0.3 is 15.0 Å². The van der Waals surface area contributed by atoms with Gasteiger partial charge in [-0.2, -0.15) is 0 Å². The molecule has 1 aromatic heterocycles. The Labute approximate surface area is 171 Å². The molecule has 2 amide bonds. The van der Waals surface area contributed by atoms with Crippen molar-refractivity contribution in [2.24, 2.45) is 11.3 Å². The predicted molar refractivity (Wildman–Crippen MR) is 104 cm³/mol. The van der Waals surface area contributed by atoms with Gasteiger partial charge in [-0.15, -0.1) is 11.3 Å². The minimum Gasteiger partial charge on any atom is -0.381 e. The number of hydrogen-bond acceptors (Lipinski definition) is 4. The van der Waals surface area contributed by atoms with E-state index in [1.807, 2.05) is 17.5 Å². The molecule has 154 valence electrons. The fourth-order valence-corrected chi connectivity index (χ4v) is 4.98. The minimum atomic E-state index is -0.793. The van der Waals surface area contributed by atoms with Crippen molar-refractivity contribution < 1.29 is 23.1 Å². The first-order valence-corrected chi connectivity index (χ1v) is 10.5. The maximum Gasteiger partial charge on any atom is 0.254 e. The average molecular weight is 420 g/mol. The number of ether oxygens (including phenoxy) is 1. The van der Waals surface area contributed by atoms with E-state index in [9.17, 15) is 18.4 Å². The van der Waals surface area contributed by atoms with E-state index >= 15 is 0 Å². The Hall–Kier alpha value is -2.32. The quantitative estimate of drug-likeness (QED) is 0.826. The number of thiophene rings is 1. The third-order valence-corrected chi connectivity index (χ3v) is 6.74. The van der Waals surface area contributed by atoms with Gasteiger partial charge in [-0.05, 0) is 36.4 Å². The summed E-state index contributed by atoms with van der Waals surface area (Å²) in [6.07, 6.45) is 1.34. The van der Waals surface area contributed by atoms with E-state index in [2.05, 4.69) is 5.32 Å².